The van der Waals surface area contributed by atoms with Gasteiger partial charge in [0.25, 0.3) is 0 Å². The molecule has 4 aromatic carbocycles. The highest BCUT2D eigenvalue weighted by Gasteiger charge is 2.25. The van der Waals surface area contributed by atoms with Crippen LogP contribution in [0.3, 0.4) is 0 Å². The third-order valence-electron chi connectivity index (χ3n) is 16.8. The molecule has 6 aromatic rings. The van der Waals surface area contributed by atoms with Crippen LogP contribution < -0.4 is 20.1 Å². The second-order valence-corrected chi connectivity index (χ2v) is 32.9. The molecule has 102 heavy (non-hydrogen) atoms. The quantitative estimate of drug-likeness (QED) is 0.0191. The lowest BCUT2D eigenvalue weighted by Gasteiger charge is -2.28. The number of aromatic nitrogens is 7. The standard InChI is InChI=1S/C33H38N8O4.C18H36.C16H10N4O4.2CH4.CH2.9Al.N2.O.15H/c1-6-18-40(8-3)32-34-31(35-33(36-32)41(9-4)19-7-2)39(5)21-26-20-27(22-10-14-24(15-11-22)29(42)43)37-38-28(26)23-12-16-25(17-13-23)30(44)45;1-3-5-7-9-11-13-15-17-18-16-14-12-10-8-6-4-2;21-15(22)11-5-1-9(2-6-11)13-17-19-14(20-18-13)10-3-7-12(8-4-10)16(23)24;;;;;;;;;;;;;1-2;;;;;;;;;;;;;;;;/h6-7,10-17,29-30,38H,1-2,8-9,18-21H2,3-5H3;3H,1,4-18H2,2H3;1-8,15-16H;2*1H4;1H2;;;;;;;;;;;;;;;;;;;;;;;;;;/q-4;;-4;;;;;8*+1;;;;;;;;;;;;;;;;;. The van der Waals surface area contributed by atoms with Crippen LogP contribution >= 0.6 is 0 Å². The van der Waals surface area contributed by atoms with Crippen LogP contribution in [-0.2, 0) is 33.1 Å². The van der Waals surface area contributed by atoms with Crippen LogP contribution in [0.15, 0.2) is 146 Å². The fraction of sp³-hybridized carbons (Fsp3) is 0.457. The van der Waals surface area contributed by atoms with E-state index in [1.807, 2.05) is 85.9 Å². The van der Waals surface area contributed by atoms with E-state index in [0.29, 0.717) is 135 Å². The van der Waals surface area contributed by atoms with Gasteiger partial charge < -0.3 is 47.8 Å². The molecule has 4 unspecified atom stereocenters. The zero-order chi connectivity index (χ0) is 70.8. The minimum atomic E-state index is -1.46. The molecule has 0 spiro atoms. The topological polar surface area (TPSA) is 255 Å². The minimum Gasteiger partial charge on any atom is -0.597 e. The molecular formula is C70H109Al9N14O9. The summed E-state index contributed by atoms with van der Waals surface area (Å²) >= 11 is -2.91. The number of nitrogens with zero attached hydrogens (tertiary/aromatic N) is 13. The van der Waals surface area contributed by atoms with Crippen LogP contribution in [0.2, 0.25) is 4.14 Å². The Morgan fingerprint density at radius 2 is 0.873 bits per heavy atom. The SMILES string of the molecule is C.C.C=CCCCCCCCCCCCCCCCC.C=CCN(CC)c1nc(N(C)CC2=C3NN=C(C2)c2ccc(cc2)C([O][AlH2])[O][AlH][O][AlH][O]C([O][AlH2])c2ccc(cc2)-c2nnc(nn2)-c2ccc(cc2)C([O][AlH2])[O][AlH][CH2][AlH][O]C([O][AlH2])c2ccc3cc2)nc(N(CC)CC=C)n1.N#N.[AlH3]. The summed E-state index contributed by atoms with van der Waals surface area (Å²) in [6.45, 7) is 21.2. The van der Waals surface area contributed by atoms with Gasteiger partial charge in [0.2, 0.25) is 29.5 Å². The number of benzene rings is 4. The lowest BCUT2D eigenvalue weighted by molar-refractivity contribution is -0.00992. The summed E-state index contributed by atoms with van der Waals surface area (Å²) in [7, 11) is 2.01. The zero-order valence-corrected chi connectivity index (χ0v) is 73.4. The van der Waals surface area contributed by atoms with Gasteiger partial charge >= 0.3 is 129 Å². The van der Waals surface area contributed by atoms with Gasteiger partial charge in [-0.1, -0.05) is 225 Å². The van der Waals surface area contributed by atoms with Crippen molar-refractivity contribution in [2.75, 3.05) is 54.5 Å². The largest absolute Gasteiger partial charge is 0.622 e. The number of likely N-dealkylation sites (N-methyl/N-ethyl adjacent to an activating group) is 3. The lowest BCUT2D eigenvalue weighted by atomic mass is 9.95. The summed E-state index contributed by atoms with van der Waals surface area (Å²) in [6, 6.07) is 32.0. The molecule has 17 aliphatic rings. The normalized spacial score (nSPS) is 15.8. The molecule has 0 fully saturated rings. The third kappa shape index (κ3) is 31.0. The van der Waals surface area contributed by atoms with Crippen LogP contribution in [0.4, 0.5) is 17.8 Å². The van der Waals surface area contributed by atoms with Crippen molar-refractivity contribution in [2.45, 2.75) is 168 Å². The molecule has 17 aliphatic heterocycles. The van der Waals surface area contributed by atoms with Crippen LogP contribution in [0, 0.1) is 10.8 Å². The number of hydrogen-bond acceptors (Lipinski definition) is 23. The summed E-state index contributed by atoms with van der Waals surface area (Å²) in [5.41, 5.74) is 13.4. The predicted molar refractivity (Wildman–Crippen MR) is 432 cm³/mol. The lowest BCUT2D eigenvalue weighted by Crippen LogP contribution is -2.32. The molecule has 1 N–H and O–H groups in total. The van der Waals surface area contributed by atoms with Gasteiger partial charge in [0, 0.05) is 90.4 Å². The molecule has 2 aromatic heterocycles. The summed E-state index contributed by atoms with van der Waals surface area (Å²) in [5.74, 6) is 2.52. The Morgan fingerprint density at radius 3 is 1.25 bits per heavy atom. The van der Waals surface area contributed by atoms with Crippen molar-refractivity contribution in [1.82, 2.24) is 40.8 Å². The highest BCUT2D eigenvalue weighted by molar-refractivity contribution is 6.48. The van der Waals surface area contributed by atoms with E-state index in [2.05, 4.69) is 117 Å². The molecule has 4 atom stereocenters. The van der Waals surface area contributed by atoms with E-state index in [-0.39, 0.29) is 32.2 Å². The van der Waals surface area contributed by atoms with Gasteiger partial charge in [-0.25, -0.2) is 0 Å². The van der Waals surface area contributed by atoms with Crippen LogP contribution in [0.25, 0.3) is 28.5 Å². The Kier molecular flexibility index (Phi) is 50.0. The smallest absolute Gasteiger partial charge is 0.597 e. The molecule has 0 amide bonds. The van der Waals surface area contributed by atoms with Crippen molar-refractivity contribution in [2.24, 2.45) is 5.10 Å². The van der Waals surface area contributed by atoms with Gasteiger partial charge in [-0.2, -0.15) is 20.1 Å². The van der Waals surface area contributed by atoms with E-state index in [1.54, 1.807) is 0 Å². The van der Waals surface area contributed by atoms with Gasteiger partial charge in [-0.05, 0) is 43.4 Å². The minimum absolute atomic E-state index is 0. The molecule has 23 nitrogen and oxygen atoms in total. The molecule has 540 valence electrons. The molecule has 12 bridgehead atoms. The first kappa shape index (κ1) is 92.7. The van der Waals surface area contributed by atoms with E-state index < -0.39 is 88.0 Å². The molecule has 0 saturated carbocycles. The Morgan fingerprint density at radius 1 is 0.510 bits per heavy atom. The van der Waals surface area contributed by atoms with E-state index >= 15 is 0 Å². The van der Waals surface area contributed by atoms with Crippen molar-refractivity contribution in [3.05, 3.63) is 174 Å². The first-order chi connectivity index (χ1) is 48.6. The number of unbranched alkanes of at least 4 members (excludes halogenated alkanes) is 14. The molecule has 0 saturated heterocycles. The zero-order valence-electron chi connectivity index (χ0n) is 59.8. The van der Waals surface area contributed by atoms with Gasteiger partial charge in [0.1, 0.15) is 25.2 Å². The number of allylic oxidation sites excluding steroid dienone is 1. The second-order valence-electron chi connectivity index (χ2n) is 23.9. The van der Waals surface area contributed by atoms with Crippen molar-refractivity contribution >= 4 is 176 Å². The van der Waals surface area contributed by atoms with Crippen molar-refractivity contribution in [1.29, 1.82) is 10.8 Å². The maximum atomic E-state index is 6.47. The van der Waals surface area contributed by atoms with Gasteiger partial charge in [-0.3, -0.25) is 5.43 Å². The fourth-order valence-corrected chi connectivity index (χ4v) is 18.9. The maximum absolute atomic E-state index is 6.47. The number of anilines is 3. The van der Waals surface area contributed by atoms with Gasteiger partial charge in [0.15, 0.2) is 17.4 Å². The highest BCUT2D eigenvalue weighted by Crippen LogP contribution is 2.31. The third-order valence-corrected chi connectivity index (χ3v) is 24.1. The number of hydrazone groups is 1. The number of nitrogens with one attached hydrogen (secondary N) is 1. The predicted octanol–water partition coefficient (Wildman–Crippen LogP) is 8.88. The molecular weight excluding hydrogens is 1420 g/mol. The average Bonchev–Trinajstić information content (AvgIpc) is 0.799. The molecule has 23 rings (SSSR count). The van der Waals surface area contributed by atoms with Crippen LogP contribution in [0.1, 0.15) is 197 Å². The monoisotopic (exact) mass is 1530 g/mol. The van der Waals surface area contributed by atoms with Crippen LogP contribution in [-0.4, -0.2) is 228 Å². The molecule has 0 radical (unpaired) electrons. The van der Waals surface area contributed by atoms with Crippen molar-refractivity contribution in [3.63, 3.8) is 0 Å². The van der Waals surface area contributed by atoms with Gasteiger partial charge in [-0.15, -0.1) is 40.1 Å². The molecule has 19 heterocycles. The summed E-state index contributed by atoms with van der Waals surface area (Å²) < 4.78 is 55.9. The second kappa shape index (κ2) is 55.0. The number of rotatable bonds is 30. The van der Waals surface area contributed by atoms with Gasteiger partial charge in [0.05, 0.1) is 11.4 Å². The fourth-order valence-electron chi connectivity index (χ4n) is 11.3. The average molecular weight is 1530 g/mol. The maximum Gasteiger partial charge on any atom is 0.622 e. The molecule has 32 heteroatoms. The van der Waals surface area contributed by atoms with Crippen molar-refractivity contribution < 1.29 is 33.1 Å². The Balaban J connectivity index is 0.00000103. The van der Waals surface area contributed by atoms with Crippen molar-refractivity contribution in [3.8, 4) is 22.8 Å². The van der Waals surface area contributed by atoms with Crippen LogP contribution in [0.5, 0.6) is 0 Å². The van der Waals surface area contributed by atoms with E-state index in [4.69, 9.17) is 64.0 Å². The van der Waals surface area contributed by atoms with E-state index in [0.717, 1.165) is 65.6 Å². The van der Waals surface area contributed by atoms with E-state index in [9.17, 15) is 0 Å². The summed E-state index contributed by atoms with van der Waals surface area (Å²) in [6.07, 6.45) is 25.7. The summed E-state index contributed by atoms with van der Waals surface area (Å²) in [5, 5.41) is 34.6. The Labute approximate surface area is 678 Å². The Bertz CT molecular complexity index is 3350. The first-order valence-corrected chi connectivity index (χ1v) is 43.5. The molecule has 0 aliphatic carbocycles. The first-order valence-electron chi connectivity index (χ1n) is 34.8. The Hall–Kier alpha value is -3.49. The highest BCUT2D eigenvalue weighted by atomic mass is 27.3. The summed E-state index contributed by atoms with van der Waals surface area (Å²) in [4.78, 5) is 21.2. The van der Waals surface area contributed by atoms with E-state index in [1.165, 1.54) is 96.3 Å². The number of hydrogen-bond donors (Lipinski definition) is 1.